The van der Waals surface area contributed by atoms with Crippen molar-refractivity contribution in [3.05, 3.63) is 6.07 Å². The Hall–Kier alpha value is -1.18. The van der Waals surface area contributed by atoms with Crippen LogP contribution in [0.4, 0.5) is 24.8 Å². The van der Waals surface area contributed by atoms with Crippen molar-refractivity contribution in [2.75, 3.05) is 17.2 Å². The molecule has 1 aromatic rings. The van der Waals surface area contributed by atoms with Gasteiger partial charge in [-0.2, -0.15) is 13.2 Å². The third-order valence-electron chi connectivity index (χ3n) is 1.58. The number of hydrogen-bond donors (Lipinski definition) is 2. The number of nitrogens with zero attached hydrogens (tertiary/aromatic N) is 2. The Morgan fingerprint density at radius 1 is 1.19 bits per heavy atom. The fraction of sp³-hybridized carbons (Fsp3) is 0.500. The summed E-state index contributed by atoms with van der Waals surface area (Å²) in [6, 6.07) is 1.39. The SMILES string of the molecule is Nc1cc(N)nc(SCCCC(F)(F)F)n1. The van der Waals surface area contributed by atoms with E-state index in [9.17, 15) is 13.2 Å². The van der Waals surface area contributed by atoms with Crippen LogP contribution in [0, 0.1) is 0 Å². The Balaban J connectivity index is 2.37. The van der Waals surface area contributed by atoms with Gasteiger partial charge < -0.3 is 11.5 Å². The number of thioether (sulfide) groups is 1. The quantitative estimate of drug-likeness (QED) is 0.487. The number of nitrogens with two attached hydrogens (primary N) is 2. The molecule has 0 aliphatic heterocycles. The molecule has 16 heavy (non-hydrogen) atoms. The van der Waals surface area contributed by atoms with Gasteiger partial charge in [0.2, 0.25) is 0 Å². The number of hydrogen-bond acceptors (Lipinski definition) is 5. The molecule has 0 atom stereocenters. The summed E-state index contributed by atoms with van der Waals surface area (Å²) in [6.07, 6.45) is -4.90. The summed E-state index contributed by atoms with van der Waals surface area (Å²) < 4.78 is 35.5. The molecule has 90 valence electrons. The summed E-state index contributed by atoms with van der Waals surface area (Å²) in [7, 11) is 0. The molecule has 8 heteroatoms. The lowest BCUT2D eigenvalue weighted by molar-refractivity contribution is -0.134. The molecule has 1 aromatic heterocycles. The second-order valence-corrected chi connectivity index (χ2v) is 4.13. The minimum Gasteiger partial charge on any atom is -0.383 e. The molecule has 0 radical (unpaired) electrons. The first-order chi connectivity index (χ1) is 7.37. The maximum atomic E-state index is 11.8. The van der Waals surface area contributed by atoms with Gasteiger partial charge in [0.25, 0.3) is 0 Å². The molecule has 0 unspecified atom stereocenters. The molecule has 0 saturated heterocycles. The largest absolute Gasteiger partial charge is 0.389 e. The van der Waals surface area contributed by atoms with Gasteiger partial charge in [0, 0.05) is 18.2 Å². The third-order valence-corrected chi connectivity index (χ3v) is 2.51. The van der Waals surface area contributed by atoms with Crippen molar-refractivity contribution in [2.24, 2.45) is 0 Å². The van der Waals surface area contributed by atoms with Crippen LogP contribution in [-0.2, 0) is 0 Å². The van der Waals surface area contributed by atoms with Gasteiger partial charge in [-0.1, -0.05) is 11.8 Å². The first-order valence-corrected chi connectivity index (χ1v) is 5.45. The molecule has 0 aliphatic rings. The molecule has 0 aromatic carbocycles. The van der Waals surface area contributed by atoms with E-state index in [1.54, 1.807) is 0 Å². The van der Waals surface area contributed by atoms with Gasteiger partial charge in [-0.3, -0.25) is 0 Å². The average Bonchev–Trinajstić information content (AvgIpc) is 2.09. The number of alkyl halides is 3. The Bertz CT molecular complexity index is 335. The number of halogens is 3. The molecule has 1 heterocycles. The highest BCUT2D eigenvalue weighted by Gasteiger charge is 2.25. The average molecular weight is 252 g/mol. The van der Waals surface area contributed by atoms with Gasteiger partial charge in [-0.15, -0.1) is 0 Å². The number of aromatic nitrogens is 2. The third kappa shape index (κ3) is 5.06. The van der Waals surface area contributed by atoms with Crippen LogP contribution in [0.5, 0.6) is 0 Å². The van der Waals surface area contributed by atoms with Gasteiger partial charge >= 0.3 is 6.18 Å². The lowest BCUT2D eigenvalue weighted by atomic mass is 10.3. The van der Waals surface area contributed by atoms with Crippen molar-refractivity contribution in [3.8, 4) is 0 Å². The normalized spacial score (nSPS) is 11.7. The maximum Gasteiger partial charge on any atom is 0.389 e. The molecule has 4 N–H and O–H groups in total. The zero-order chi connectivity index (χ0) is 12.2. The van der Waals surface area contributed by atoms with E-state index >= 15 is 0 Å². The van der Waals surface area contributed by atoms with E-state index in [0.717, 1.165) is 11.8 Å². The fourth-order valence-corrected chi connectivity index (χ4v) is 1.77. The fourth-order valence-electron chi connectivity index (χ4n) is 0.963. The van der Waals surface area contributed by atoms with Crippen LogP contribution in [0.25, 0.3) is 0 Å². The number of nitrogen functional groups attached to an aromatic ring is 2. The minimum absolute atomic E-state index is 0.0201. The molecule has 0 amide bonds. The summed E-state index contributed by atoms with van der Waals surface area (Å²) in [5.41, 5.74) is 10.8. The van der Waals surface area contributed by atoms with Crippen molar-refractivity contribution < 1.29 is 13.2 Å². The molecule has 0 fully saturated rings. The Labute approximate surface area is 94.6 Å². The van der Waals surface area contributed by atoms with E-state index in [-0.39, 0.29) is 23.8 Å². The van der Waals surface area contributed by atoms with Crippen LogP contribution in [0.1, 0.15) is 12.8 Å². The second-order valence-electron chi connectivity index (χ2n) is 3.07. The van der Waals surface area contributed by atoms with E-state index in [4.69, 9.17) is 11.5 Å². The van der Waals surface area contributed by atoms with E-state index in [1.165, 1.54) is 6.07 Å². The summed E-state index contributed by atoms with van der Waals surface area (Å²) in [5, 5.41) is 0.305. The second kappa shape index (κ2) is 5.24. The van der Waals surface area contributed by atoms with E-state index in [1.807, 2.05) is 0 Å². The van der Waals surface area contributed by atoms with Crippen LogP contribution in [0.15, 0.2) is 11.2 Å². The van der Waals surface area contributed by atoms with Crippen LogP contribution in [-0.4, -0.2) is 21.9 Å². The van der Waals surface area contributed by atoms with Gasteiger partial charge in [0.05, 0.1) is 0 Å². The Kier molecular flexibility index (Phi) is 4.22. The molecule has 0 spiro atoms. The topological polar surface area (TPSA) is 77.8 Å². The molecule has 0 bridgehead atoms. The van der Waals surface area contributed by atoms with E-state index in [0.29, 0.717) is 5.16 Å². The van der Waals surface area contributed by atoms with Crippen molar-refractivity contribution >= 4 is 23.4 Å². The van der Waals surface area contributed by atoms with Gasteiger partial charge in [-0.05, 0) is 6.42 Å². The first kappa shape index (κ1) is 12.9. The highest BCUT2D eigenvalue weighted by Crippen LogP contribution is 2.24. The predicted octanol–water partition coefficient (Wildman–Crippen LogP) is 2.08. The van der Waals surface area contributed by atoms with E-state index in [2.05, 4.69) is 9.97 Å². The Morgan fingerprint density at radius 3 is 2.25 bits per heavy atom. The Morgan fingerprint density at radius 2 is 1.75 bits per heavy atom. The highest BCUT2D eigenvalue weighted by atomic mass is 32.2. The zero-order valence-electron chi connectivity index (χ0n) is 8.29. The lowest BCUT2D eigenvalue weighted by Gasteiger charge is -2.05. The molecule has 0 saturated carbocycles. The number of anilines is 2. The molecule has 0 aliphatic carbocycles. The van der Waals surface area contributed by atoms with Gasteiger partial charge in [0.1, 0.15) is 11.6 Å². The first-order valence-electron chi connectivity index (χ1n) is 4.46. The van der Waals surface area contributed by atoms with Gasteiger partial charge in [-0.25, -0.2) is 9.97 Å². The molecule has 4 nitrogen and oxygen atoms in total. The summed E-state index contributed by atoms with van der Waals surface area (Å²) in [4.78, 5) is 7.67. The molecular formula is C8H11F3N4S. The summed E-state index contributed by atoms with van der Waals surface area (Å²) in [5.74, 6) is 0.708. The van der Waals surface area contributed by atoms with Crippen molar-refractivity contribution in [1.82, 2.24) is 9.97 Å². The van der Waals surface area contributed by atoms with Gasteiger partial charge in [0.15, 0.2) is 5.16 Å². The van der Waals surface area contributed by atoms with Crippen LogP contribution in [0.2, 0.25) is 0 Å². The maximum absolute atomic E-state index is 11.8. The predicted molar refractivity (Wildman–Crippen MR) is 56.9 cm³/mol. The van der Waals surface area contributed by atoms with Crippen LogP contribution < -0.4 is 11.5 Å². The van der Waals surface area contributed by atoms with E-state index < -0.39 is 12.6 Å². The standard InChI is InChI=1S/C8H11F3N4S/c9-8(10,11)2-1-3-16-7-14-5(12)4-6(13)15-7/h4H,1-3H2,(H4,12,13,14,15). The van der Waals surface area contributed by atoms with Crippen LogP contribution >= 0.6 is 11.8 Å². The minimum atomic E-state index is -4.11. The molecular weight excluding hydrogens is 241 g/mol. The zero-order valence-corrected chi connectivity index (χ0v) is 9.11. The highest BCUT2D eigenvalue weighted by molar-refractivity contribution is 7.99. The van der Waals surface area contributed by atoms with Crippen molar-refractivity contribution in [2.45, 2.75) is 24.2 Å². The van der Waals surface area contributed by atoms with Crippen molar-refractivity contribution in [1.29, 1.82) is 0 Å². The monoisotopic (exact) mass is 252 g/mol. The smallest absolute Gasteiger partial charge is 0.383 e. The van der Waals surface area contributed by atoms with Crippen molar-refractivity contribution in [3.63, 3.8) is 0 Å². The summed E-state index contributed by atoms with van der Waals surface area (Å²) >= 11 is 1.11. The number of rotatable bonds is 4. The van der Waals surface area contributed by atoms with Crippen LogP contribution in [0.3, 0.4) is 0 Å². The molecule has 1 rings (SSSR count). The lowest BCUT2D eigenvalue weighted by Crippen LogP contribution is -2.07. The summed E-state index contributed by atoms with van der Waals surface area (Å²) in [6.45, 7) is 0.